The first kappa shape index (κ1) is 21.4. The third kappa shape index (κ3) is 4.30. The van der Waals surface area contributed by atoms with Crippen LogP contribution in [0.2, 0.25) is 10.0 Å². The molecule has 30 heavy (non-hydrogen) atoms. The Morgan fingerprint density at radius 2 is 2.20 bits per heavy atom. The predicted octanol–water partition coefficient (Wildman–Crippen LogP) is 4.85. The molecule has 0 fully saturated rings. The summed E-state index contributed by atoms with van der Waals surface area (Å²) in [6, 6.07) is 5.16. The fraction of sp³-hybridized carbons (Fsp3) is 0.286. The number of thioether (sulfide) groups is 1. The van der Waals surface area contributed by atoms with E-state index < -0.39 is 0 Å². The Kier molecular flexibility index (Phi) is 6.53. The first-order valence-corrected chi connectivity index (χ1v) is 12.0. The maximum Gasteiger partial charge on any atom is 0.263 e. The lowest BCUT2D eigenvalue weighted by molar-refractivity contribution is -0.118. The van der Waals surface area contributed by atoms with E-state index in [4.69, 9.17) is 28.2 Å². The Morgan fingerprint density at radius 3 is 2.97 bits per heavy atom. The SMILES string of the molecule is C=CCn1c(SCC(=O)NCc2ccc(Cl)cc2Cl)nc2sc3c(c2c1=O)CCC3. The first-order valence-electron chi connectivity index (χ1n) is 9.47. The van der Waals surface area contributed by atoms with E-state index in [9.17, 15) is 9.59 Å². The average Bonchev–Trinajstić information content (AvgIpc) is 3.29. The average molecular weight is 480 g/mol. The second-order valence-corrected chi connectivity index (χ2v) is 9.81. The molecule has 0 aliphatic heterocycles. The largest absolute Gasteiger partial charge is 0.351 e. The Labute approximate surface area is 192 Å². The maximum atomic E-state index is 13.1. The zero-order valence-corrected chi connectivity index (χ0v) is 19.2. The number of aryl methyl sites for hydroxylation is 2. The van der Waals surface area contributed by atoms with Crippen molar-refractivity contribution < 1.29 is 4.79 Å². The molecule has 0 saturated heterocycles. The van der Waals surface area contributed by atoms with Crippen molar-refractivity contribution in [2.45, 2.75) is 37.5 Å². The smallest absolute Gasteiger partial charge is 0.263 e. The van der Waals surface area contributed by atoms with Gasteiger partial charge < -0.3 is 5.32 Å². The molecule has 0 atom stereocenters. The molecular formula is C21H19Cl2N3O2S2. The minimum Gasteiger partial charge on any atom is -0.351 e. The number of benzene rings is 1. The van der Waals surface area contributed by atoms with Crippen LogP contribution in [0.5, 0.6) is 0 Å². The summed E-state index contributed by atoms with van der Waals surface area (Å²) in [5.74, 6) is -0.0232. The fourth-order valence-electron chi connectivity index (χ4n) is 3.50. The van der Waals surface area contributed by atoms with Crippen LogP contribution in [-0.2, 0) is 30.7 Å². The fourth-order valence-corrected chi connectivity index (χ4v) is 6.11. The highest BCUT2D eigenvalue weighted by atomic mass is 35.5. The summed E-state index contributed by atoms with van der Waals surface area (Å²) < 4.78 is 1.61. The second-order valence-electron chi connectivity index (χ2n) is 6.94. The lowest BCUT2D eigenvalue weighted by Crippen LogP contribution is -2.26. The number of hydrogen-bond donors (Lipinski definition) is 1. The first-order chi connectivity index (χ1) is 14.5. The van der Waals surface area contributed by atoms with Gasteiger partial charge in [0, 0.05) is 28.0 Å². The molecule has 1 aliphatic carbocycles. The number of allylic oxidation sites excluding steroid dienone is 1. The zero-order valence-electron chi connectivity index (χ0n) is 16.0. The molecule has 1 amide bonds. The second kappa shape index (κ2) is 9.14. The van der Waals surface area contributed by atoms with Gasteiger partial charge in [0.05, 0.1) is 11.1 Å². The van der Waals surface area contributed by atoms with Gasteiger partial charge in [-0.25, -0.2) is 4.98 Å². The van der Waals surface area contributed by atoms with Gasteiger partial charge in [-0.15, -0.1) is 17.9 Å². The van der Waals surface area contributed by atoms with E-state index >= 15 is 0 Å². The van der Waals surface area contributed by atoms with Crippen molar-refractivity contribution in [2.24, 2.45) is 0 Å². The number of halogens is 2. The molecule has 2 heterocycles. The van der Waals surface area contributed by atoms with Crippen molar-refractivity contribution >= 4 is 62.4 Å². The lowest BCUT2D eigenvalue weighted by atomic mass is 10.2. The minimum atomic E-state index is -0.167. The Bertz CT molecular complexity index is 1200. The predicted molar refractivity (Wildman–Crippen MR) is 125 cm³/mol. The van der Waals surface area contributed by atoms with Gasteiger partial charge in [0.2, 0.25) is 5.91 Å². The van der Waals surface area contributed by atoms with Crippen molar-refractivity contribution in [3.05, 3.63) is 67.3 Å². The number of nitrogens with one attached hydrogen (secondary N) is 1. The van der Waals surface area contributed by atoms with Gasteiger partial charge in [0.1, 0.15) is 4.83 Å². The summed E-state index contributed by atoms with van der Waals surface area (Å²) in [4.78, 5) is 32.2. The Balaban J connectivity index is 1.50. The number of carbonyl (C=O) groups excluding carboxylic acids is 1. The molecule has 4 rings (SSSR count). The van der Waals surface area contributed by atoms with Crippen molar-refractivity contribution in [2.75, 3.05) is 5.75 Å². The van der Waals surface area contributed by atoms with Crippen molar-refractivity contribution in [3.63, 3.8) is 0 Å². The maximum absolute atomic E-state index is 13.1. The van der Waals surface area contributed by atoms with Gasteiger partial charge in [-0.1, -0.05) is 47.1 Å². The van der Waals surface area contributed by atoms with E-state index in [0.29, 0.717) is 28.3 Å². The standard InChI is InChI=1S/C21H19Cl2N3O2S2/c1-2-8-26-20(28)18-14-4-3-5-16(14)30-19(18)25-21(26)29-11-17(27)24-10-12-6-7-13(22)9-15(12)23/h2,6-7,9H,1,3-5,8,10-11H2,(H,24,27). The summed E-state index contributed by atoms with van der Waals surface area (Å²) in [6.45, 7) is 4.42. The van der Waals surface area contributed by atoms with E-state index in [-0.39, 0.29) is 17.2 Å². The summed E-state index contributed by atoms with van der Waals surface area (Å²) in [7, 11) is 0. The van der Waals surface area contributed by atoms with Gasteiger partial charge >= 0.3 is 0 Å². The zero-order chi connectivity index (χ0) is 21.3. The molecule has 0 spiro atoms. The number of nitrogens with zero attached hydrogens (tertiary/aromatic N) is 2. The molecule has 0 saturated carbocycles. The number of thiophene rings is 1. The molecule has 5 nitrogen and oxygen atoms in total. The van der Waals surface area contributed by atoms with Crippen LogP contribution in [0.3, 0.4) is 0 Å². The van der Waals surface area contributed by atoms with E-state index in [1.807, 2.05) is 0 Å². The van der Waals surface area contributed by atoms with Crippen LogP contribution in [0.1, 0.15) is 22.4 Å². The minimum absolute atomic E-state index is 0.0462. The molecule has 156 valence electrons. The van der Waals surface area contributed by atoms with Crippen LogP contribution in [0, 0.1) is 0 Å². The van der Waals surface area contributed by atoms with Gasteiger partial charge in [0.15, 0.2) is 5.16 Å². The number of hydrogen-bond acceptors (Lipinski definition) is 5. The number of carbonyl (C=O) groups is 1. The molecular weight excluding hydrogens is 461 g/mol. The van der Waals surface area contributed by atoms with Crippen molar-refractivity contribution in [1.29, 1.82) is 0 Å². The van der Waals surface area contributed by atoms with E-state index in [2.05, 4.69) is 11.9 Å². The normalized spacial score (nSPS) is 12.9. The summed E-state index contributed by atoms with van der Waals surface area (Å²) in [5, 5.41) is 5.17. The van der Waals surface area contributed by atoms with Crippen molar-refractivity contribution in [1.82, 2.24) is 14.9 Å². The van der Waals surface area contributed by atoms with E-state index in [1.165, 1.54) is 16.6 Å². The molecule has 0 radical (unpaired) electrons. The highest BCUT2D eigenvalue weighted by molar-refractivity contribution is 7.99. The lowest BCUT2D eigenvalue weighted by Gasteiger charge is -2.11. The number of amides is 1. The summed E-state index contributed by atoms with van der Waals surface area (Å²) in [6.07, 6.45) is 4.71. The van der Waals surface area contributed by atoms with Crippen molar-refractivity contribution in [3.8, 4) is 0 Å². The van der Waals surface area contributed by atoms with Crippen LogP contribution in [-0.4, -0.2) is 21.2 Å². The quantitative estimate of drug-likeness (QED) is 0.298. The third-order valence-electron chi connectivity index (χ3n) is 4.92. The summed E-state index contributed by atoms with van der Waals surface area (Å²) in [5.41, 5.74) is 1.89. The van der Waals surface area contributed by atoms with Crippen LogP contribution in [0.25, 0.3) is 10.2 Å². The topological polar surface area (TPSA) is 64.0 Å². The van der Waals surface area contributed by atoms with Crippen LogP contribution in [0.15, 0.2) is 40.8 Å². The molecule has 3 aromatic rings. The van der Waals surface area contributed by atoms with E-state index in [0.717, 1.165) is 40.6 Å². The monoisotopic (exact) mass is 479 g/mol. The Morgan fingerprint density at radius 1 is 1.37 bits per heavy atom. The molecule has 0 bridgehead atoms. The number of fused-ring (bicyclic) bond motifs is 3. The third-order valence-corrected chi connectivity index (χ3v) is 7.67. The van der Waals surface area contributed by atoms with Gasteiger partial charge in [-0.05, 0) is 42.5 Å². The van der Waals surface area contributed by atoms with Gasteiger partial charge in [-0.3, -0.25) is 14.2 Å². The number of rotatable bonds is 7. The number of aromatic nitrogens is 2. The van der Waals surface area contributed by atoms with Gasteiger partial charge in [0.25, 0.3) is 5.56 Å². The summed E-state index contributed by atoms with van der Waals surface area (Å²) >= 11 is 14.9. The molecule has 9 heteroatoms. The van der Waals surface area contributed by atoms with Crippen LogP contribution >= 0.6 is 46.3 Å². The Hall–Kier alpha value is -1.80. The molecule has 2 aromatic heterocycles. The molecule has 1 N–H and O–H groups in total. The highest BCUT2D eigenvalue weighted by Crippen LogP contribution is 2.35. The molecule has 1 aliphatic rings. The molecule has 1 aromatic carbocycles. The van der Waals surface area contributed by atoms with Gasteiger partial charge in [-0.2, -0.15) is 0 Å². The van der Waals surface area contributed by atoms with Crippen LogP contribution in [0.4, 0.5) is 0 Å². The van der Waals surface area contributed by atoms with E-state index in [1.54, 1.807) is 40.2 Å². The van der Waals surface area contributed by atoms with Crippen LogP contribution < -0.4 is 10.9 Å². The highest BCUT2D eigenvalue weighted by Gasteiger charge is 2.23. The molecule has 0 unspecified atom stereocenters.